The van der Waals surface area contributed by atoms with E-state index in [1.165, 1.54) is 43.2 Å². The van der Waals surface area contributed by atoms with Crippen LogP contribution < -0.4 is 5.32 Å². The highest BCUT2D eigenvalue weighted by Crippen LogP contribution is 2.60. The van der Waals surface area contributed by atoms with E-state index in [4.69, 9.17) is 4.98 Å². The summed E-state index contributed by atoms with van der Waals surface area (Å²) in [5.74, 6) is 1.59. The molecule has 2 aromatic carbocycles. The van der Waals surface area contributed by atoms with Crippen molar-refractivity contribution in [2.45, 2.75) is 77.4 Å². The summed E-state index contributed by atoms with van der Waals surface area (Å²) in [6, 6.07) is 14.9. The molecule has 2 fully saturated rings. The van der Waals surface area contributed by atoms with Gasteiger partial charge in [0.25, 0.3) is 0 Å². The highest BCUT2D eigenvalue weighted by molar-refractivity contribution is 5.90. The molecule has 4 heteroatoms. The minimum atomic E-state index is -0.712. The number of nitrogens with zero attached hydrogens (tertiary/aromatic N) is 2. The molecule has 3 aromatic rings. The van der Waals surface area contributed by atoms with E-state index in [-0.39, 0.29) is 6.04 Å². The van der Waals surface area contributed by atoms with Gasteiger partial charge in [-0.15, -0.1) is 0 Å². The van der Waals surface area contributed by atoms with Crippen molar-refractivity contribution in [3.05, 3.63) is 65.0 Å². The molecule has 1 spiro atoms. The number of aryl methyl sites for hydroxylation is 2. The number of nitrogens with one attached hydrogen (secondary N) is 1. The molecule has 0 aliphatic heterocycles. The van der Waals surface area contributed by atoms with Crippen molar-refractivity contribution in [1.82, 2.24) is 9.97 Å². The van der Waals surface area contributed by atoms with Gasteiger partial charge in [-0.3, -0.25) is 0 Å². The predicted octanol–water partition coefficient (Wildman–Crippen LogP) is 6.35. The molecule has 0 bridgehead atoms. The minimum absolute atomic E-state index is 0.123. The van der Waals surface area contributed by atoms with Gasteiger partial charge in [0.15, 0.2) is 0 Å². The Kier molecular flexibility index (Phi) is 5.01. The molecule has 4 nitrogen and oxygen atoms in total. The molecule has 0 radical (unpaired) electrons. The molecule has 0 amide bonds. The molecule has 31 heavy (non-hydrogen) atoms. The zero-order valence-corrected chi connectivity index (χ0v) is 18.9. The maximum absolute atomic E-state index is 11.4. The minimum Gasteiger partial charge on any atom is -0.385 e. The number of hydrogen-bond donors (Lipinski definition) is 2. The Morgan fingerprint density at radius 2 is 1.74 bits per heavy atom. The normalized spacial score (nSPS) is 20.4. The largest absolute Gasteiger partial charge is 0.385 e. The quantitative estimate of drug-likeness (QED) is 0.521. The van der Waals surface area contributed by atoms with Crippen LogP contribution in [0.3, 0.4) is 0 Å². The van der Waals surface area contributed by atoms with E-state index in [0.29, 0.717) is 5.41 Å². The number of benzene rings is 2. The molecule has 0 saturated heterocycles. The molecule has 2 saturated carbocycles. The number of aromatic nitrogens is 2. The molecule has 1 atom stereocenters. The van der Waals surface area contributed by atoms with Crippen LogP contribution in [-0.4, -0.2) is 15.1 Å². The number of aliphatic hydroxyl groups is 1. The Labute approximate surface area is 185 Å². The Bertz CT molecular complexity index is 1110. The zero-order valence-electron chi connectivity index (χ0n) is 18.9. The Morgan fingerprint density at radius 3 is 2.48 bits per heavy atom. The van der Waals surface area contributed by atoms with E-state index in [2.05, 4.69) is 60.5 Å². The van der Waals surface area contributed by atoms with Crippen LogP contribution in [-0.2, 0) is 5.60 Å². The van der Waals surface area contributed by atoms with Crippen molar-refractivity contribution in [2.24, 2.45) is 5.41 Å². The van der Waals surface area contributed by atoms with Crippen LogP contribution in [0, 0.1) is 19.3 Å². The number of rotatable bonds is 4. The van der Waals surface area contributed by atoms with Crippen LogP contribution in [0.5, 0.6) is 0 Å². The molecule has 2 aliphatic carbocycles. The van der Waals surface area contributed by atoms with Crippen LogP contribution >= 0.6 is 0 Å². The average molecular weight is 416 g/mol. The van der Waals surface area contributed by atoms with Gasteiger partial charge in [-0.25, -0.2) is 9.97 Å². The van der Waals surface area contributed by atoms with Gasteiger partial charge in [0, 0.05) is 11.4 Å². The smallest absolute Gasteiger partial charge is 0.138 e. The van der Waals surface area contributed by atoms with Gasteiger partial charge in [-0.1, -0.05) is 55.2 Å². The monoisotopic (exact) mass is 415 g/mol. The van der Waals surface area contributed by atoms with Gasteiger partial charge in [0.05, 0.1) is 11.1 Å². The lowest BCUT2D eigenvalue weighted by Gasteiger charge is -2.55. The van der Waals surface area contributed by atoms with Gasteiger partial charge in [-0.05, 0) is 75.1 Å². The third-order valence-electron chi connectivity index (χ3n) is 7.49. The first-order chi connectivity index (χ1) is 14.9. The first-order valence-corrected chi connectivity index (χ1v) is 11.7. The van der Waals surface area contributed by atoms with Crippen molar-refractivity contribution in [3.63, 3.8) is 0 Å². The van der Waals surface area contributed by atoms with Crippen LogP contribution in [0.1, 0.15) is 80.4 Å². The van der Waals surface area contributed by atoms with E-state index in [1.54, 1.807) is 0 Å². The lowest BCUT2D eigenvalue weighted by Crippen LogP contribution is -2.50. The van der Waals surface area contributed by atoms with Crippen LogP contribution in [0.25, 0.3) is 10.9 Å². The van der Waals surface area contributed by atoms with E-state index < -0.39 is 5.60 Å². The topological polar surface area (TPSA) is 58.0 Å². The van der Waals surface area contributed by atoms with Gasteiger partial charge in [0.2, 0.25) is 0 Å². The Hall–Kier alpha value is -2.46. The number of fused-ring (bicyclic) bond motifs is 1. The summed E-state index contributed by atoms with van der Waals surface area (Å²) in [5, 5.41) is 16.0. The number of anilines is 1. The van der Waals surface area contributed by atoms with Crippen molar-refractivity contribution in [1.29, 1.82) is 0 Å². The van der Waals surface area contributed by atoms with Gasteiger partial charge in [0.1, 0.15) is 11.6 Å². The van der Waals surface area contributed by atoms with Crippen LogP contribution in [0.15, 0.2) is 42.5 Å². The maximum Gasteiger partial charge on any atom is 0.138 e. The lowest BCUT2D eigenvalue weighted by atomic mass is 9.52. The molecule has 1 aromatic heterocycles. The fraction of sp³-hybridized carbons (Fsp3) is 0.481. The summed E-state index contributed by atoms with van der Waals surface area (Å²) < 4.78 is 0. The van der Waals surface area contributed by atoms with Crippen LogP contribution in [0.4, 0.5) is 5.82 Å². The summed E-state index contributed by atoms with van der Waals surface area (Å²) in [4.78, 5) is 9.38. The third-order valence-corrected chi connectivity index (χ3v) is 7.49. The highest BCUT2D eigenvalue weighted by atomic mass is 16.3. The van der Waals surface area contributed by atoms with Crippen molar-refractivity contribution in [2.75, 3.05) is 5.32 Å². The fourth-order valence-corrected chi connectivity index (χ4v) is 5.92. The first kappa shape index (κ1) is 20.4. The van der Waals surface area contributed by atoms with E-state index in [0.717, 1.165) is 41.0 Å². The maximum atomic E-state index is 11.4. The number of hydrogen-bond acceptors (Lipinski definition) is 4. The summed E-state index contributed by atoms with van der Waals surface area (Å²) in [6.45, 7) is 6.21. The fourth-order valence-electron chi connectivity index (χ4n) is 5.92. The highest BCUT2D eigenvalue weighted by Gasteiger charge is 2.54. The Morgan fingerprint density at radius 1 is 0.968 bits per heavy atom. The van der Waals surface area contributed by atoms with E-state index in [9.17, 15) is 5.11 Å². The zero-order chi connectivity index (χ0) is 21.6. The molecular formula is C27H33N3O. The SMILES string of the molecule is Cc1cccc([C@@H](C)Nc2nc(C)nc3ccc(C4(O)CC5(CCCCC5)C4)cc23)c1. The molecule has 0 unspecified atom stereocenters. The second-order valence-electron chi connectivity index (χ2n) is 10.1. The third kappa shape index (κ3) is 3.82. The Balaban J connectivity index is 1.46. The molecule has 2 N–H and O–H groups in total. The van der Waals surface area contributed by atoms with Crippen molar-refractivity contribution in [3.8, 4) is 0 Å². The second-order valence-corrected chi connectivity index (χ2v) is 10.1. The molecular weight excluding hydrogens is 382 g/mol. The van der Waals surface area contributed by atoms with Crippen molar-refractivity contribution < 1.29 is 5.11 Å². The first-order valence-electron chi connectivity index (χ1n) is 11.7. The average Bonchev–Trinajstić information content (AvgIpc) is 2.73. The second kappa shape index (κ2) is 7.59. The van der Waals surface area contributed by atoms with Gasteiger partial charge >= 0.3 is 0 Å². The summed E-state index contributed by atoms with van der Waals surface area (Å²) in [7, 11) is 0. The van der Waals surface area contributed by atoms with E-state index >= 15 is 0 Å². The summed E-state index contributed by atoms with van der Waals surface area (Å²) >= 11 is 0. The van der Waals surface area contributed by atoms with Gasteiger partial charge in [-0.2, -0.15) is 0 Å². The predicted molar refractivity (Wildman–Crippen MR) is 126 cm³/mol. The summed E-state index contributed by atoms with van der Waals surface area (Å²) in [5.41, 5.74) is 4.07. The standard InChI is InChI=1S/C27H33N3O/c1-18-8-7-9-21(14-18)19(2)28-25-23-15-22(10-11-24(23)29-20(3)30-25)27(31)16-26(17-27)12-5-4-6-13-26/h7-11,14-15,19,31H,4-6,12-13,16-17H2,1-3H3,(H,28,29,30)/t19-/m1/s1. The van der Waals surface area contributed by atoms with Crippen LogP contribution in [0.2, 0.25) is 0 Å². The molecule has 1 heterocycles. The lowest BCUT2D eigenvalue weighted by molar-refractivity contribution is -0.149. The molecule has 5 rings (SSSR count). The molecule has 162 valence electrons. The molecule has 2 aliphatic rings. The summed E-state index contributed by atoms with van der Waals surface area (Å²) in [6.07, 6.45) is 8.29. The van der Waals surface area contributed by atoms with Gasteiger partial charge < -0.3 is 10.4 Å². The van der Waals surface area contributed by atoms with Crippen molar-refractivity contribution >= 4 is 16.7 Å². The van der Waals surface area contributed by atoms with E-state index in [1.807, 2.05) is 13.0 Å².